The molecular weight excluding hydrogens is 254 g/mol. The van der Waals surface area contributed by atoms with Gasteiger partial charge in [0.2, 0.25) is 0 Å². The van der Waals surface area contributed by atoms with Crippen LogP contribution >= 0.6 is 27.3 Å². The van der Waals surface area contributed by atoms with Crippen LogP contribution in [0.5, 0.6) is 0 Å². The van der Waals surface area contributed by atoms with Crippen molar-refractivity contribution in [2.45, 2.75) is 6.04 Å². The van der Waals surface area contributed by atoms with Crippen LogP contribution in [0.25, 0.3) is 0 Å². The summed E-state index contributed by atoms with van der Waals surface area (Å²) < 4.78 is 0.954. The predicted molar refractivity (Wildman–Crippen MR) is 56.1 cm³/mol. The van der Waals surface area contributed by atoms with Crippen molar-refractivity contribution >= 4 is 33.2 Å². The van der Waals surface area contributed by atoms with Crippen molar-refractivity contribution in [1.29, 1.82) is 0 Å². The van der Waals surface area contributed by atoms with Crippen molar-refractivity contribution in [2.75, 3.05) is 14.1 Å². The molecule has 1 aromatic rings. The highest BCUT2D eigenvalue weighted by Gasteiger charge is 2.23. The molecule has 1 aromatic heterocycles. The topological polar surface area (TPSA) is 40.5 Å². The van der Waals surface area contributed by atoms with Crippen molar-refractivity contribution in [3.8, 4) is 0 Å². The Morgan fingerprint density at radius 2 is 2.23 bits per heavy atom. The lowest BCUT2D eigenvalue weighted by atomic mass is 10.2. The highest BCUT2D eigenvalue weighted by Crippen LogP contribution is 2.29. The number of carboxylic acid groups (broad SMARTS) is 1. The fourth-order valence-corrected chi connectivity index (χ4v) is 2.69. The molecule has 0 saturated heterocycles. The van der Waals surface area contributed by atoms with Gasteiger partial charge in [-0.25, -0.2) is 0 Å². The maximum absolute atomic E-state index is 10.9. The zero-order chi connectivity index (χ0) is 10.0. The van der Waals surface area contributed by atoms with E-state index in [0.29, 0.717) is 0 Å². The molecule has 0 aliphatic heterocycles. The van der Waals surface area contributed by atoms with Gasteiger partial charge in [-0.2, -0.15) is 0 Å². The number of aliphatic carboxylic acids is 1. The first-order valence-electron chi connectivity index (χ1n) is 3.67. The minimum absolute atomic E-state index is 0.545. The first-order chi connectivity index (χ1) is 6.02. The van der Waals surface area contributed by atoms with E-state index in [9.17, 15) is 4.79 Å². The third kappa shape index (κ3) is 2.52. The molecule has 1 N–H and O–H groups in total. The predicted octanol–water partition coefficient (Wildman–Crippen LogP) is 2.20. The lowest BCUT2D eigenvalue weighted by Gasteiger charge is -2.18. The monoisotopic (exact) mass is 263 g/mol. The van der Waals surface area contributed by atoms with Gasteiger partial charge in [-0.3, -0.25) is 9.69 Å². The Hall–Kier alpha value is -0.390. The molecule has 0 spiro atoms. The van der Waals surface area contributed by atoms with Crippen LogP contribution < -0.4 is 0 Å². The molecule has 0 bridgehead atoms. The molecule has 1 rings (SSSR count). The van der Waals surface area contributed by atoms with E-state index in [1.165, 1.54) is 11.3 Å². The molecule has 0 radical (unpaired) electrons. The third-order valence-corrected chi connectivity index (χ3v) is 3.29. The van der Waals surface area contributed by atoms with Crippen LogP contribution in [0.4, 0.5) is 0 Å². The van der Waals surface area contributed by atoms with Crippen LogP contribution in [0, 0.1) is 0 Å². The Balaban J connectivity index is 2.95. The molecular formula is C8H10BrNO2S. The molecule has 0 fully saturated rings. The molecule has 72 valence electrons. The van der Waals surface area contributed by atoms with Gasteiger partial charge in [0, 0.05) is 4.88 Å². The van der Waals surface area contributed by atoms with Crippen LogP contribution in [0.1, 0.15) is 10.9 Å². The Kier molecular flexibility index (Phi) is 3.47. The van der Waals surface area contributed by atoms with Gasteiger partial charge in [-0.15, -0.1) is 11.3 Å². The number of hydrogen-bond acceptors (Lipinski definition) is 3. The molecule has 0 aliphatic rings. The smallest absolute Gasteiger partial charge is 0.326 e. The van der Waals surface area contributed by atoms with Gasteiger partial charge in [0.25, 0.3) is 0 Å². The normalized spacial score (nSPS) is 13.2. The van der Waals surface area contributed by atoms with Gasteiger partial charge >= 0.3 is 5.97 Å². The number of rotatable bonds is 3. The molecule has 1 heterocycles. The van der Waals surface area contributed by atoms with Crippen molar-refractivity contribution in [3.63, 3.8) is 0 Å². The SMILES string of the molecule is CN(C)C(C(=O)O)c1ccc(Br)s1. The summed E-state index contributed by atoms with van der Waals surface area (Å²) in [5, 5.41) is 8.96. The first kappa shape index (κ1) is 10.7. The first-order valence-corrected chi connectivity index (χ1v) is 5.28. The summed E-state index contributed by atoms with van der Waals surface area (Å²) in [7, 11) is 3.51. The van der Waals surface area contributed by atoms with E-state index < -0.39 is 12.0 Å². The van der Waals surface area contributed by atoms with Gasteiger partial charge in [-0.05, 0) is 42.2 Å². The van der Waals surface area contributed by atoms with E-state index in [2.05, 4.69) is 15.9 Å². The van der Waals surface area contributed by atoms with Crippen LogP contribution in [-0.4, -0.2) is 30.1 Å². The molecule has 5 heteroatoms. The zero-order valence-electron chi connectivity index (χ0n) is 7.32. The van der Waals surface area contributed by atoms with Gasteiger partial charge in [0.15, 0.2) is 0 Å². The number of likely N-dealkylation sites (N-methyl/N-ethyl adjacent to an activating group) is 1. The van der Waals surface area contributed by atoms with E-state index in [4.69, 9.17) is 5.11 Å². The van der Waals surface area contributed by atoms with Crippen molar-refractivity contribution < 1.29 is 9.90 Å². The summed E-state index contributed by atoms with van der Waals surface area (Å²) in [6.45, 7) is 0. The van der Waals surface area contributed by atoms with Gasteiger partial charge < -0.3 is 5.11 Å². The van der Waals surface area contributed by atoms with Crippen LogP contribution in [0.3, 0.4) is 0 Å². The van der Waals surface area contributed by atoms with Crippen molar-refractivity contribution in [1.82, 2.24) is 4.90 Å². The maximum Gasteiger partial charge on any atom is 0.326 e. The van der Waals surface area contributed by atoms with Crippen molar-refractivity contribution in [2.24, 2.45) is 0 Å². The quantitative estimate of drug-likeness (QED) is 0.909. The fourth-order valence-electron chi connectivity index (χ4n) is 1.07. The molecule has 13 heavy (non-hydrogen) atoms. The highest BCUT2D eigenvalue weighted by molar-refractivity contribution is 9.11. The van der Waals surface area contributed by atoms with E-state index in [0.717, 1.165) is 8.66 Å². The average molecular weight is 264 g/mol. The Labute approximate surface area is 89.1 Å². The fraction of sp³-hybridized carbons (Fsp3) is 0.375. The second-order valence-electron chi connectivity index (χ2n) is 2.85. The van der Waals surface area contributed by atoms with Crippen LogP contribution in [0.15, 0.2) is 15.9 Å². The second kappa shape index (κ2) is 4.21. The number of hydrogen-bond donors (Lipinski definition) is 1. The molecule has 0 amide bonds. The number of halogens is 1. The van der Waals surface area contributed by atoms with Gasteiger partial charge in [0.1, 0.15) is 6.04 Å². The molecule has 1 atom stereocenters. The largest absolute Gasteiger partial charge is 0.480 e. The zero-order valence-corrected chi connectivity index (χ0v) is 9.72. The Morgan fingerprint density at radius 1 is 1.62 bits per heavy atom. The third-order valence-electron chi connectivity index (χ3n) is 1.61. The van der Waals surface area contributed by atoms with Crippen LogP contribution in [0.2, 0.25) is 0 Å². The summed E-state index contributed by atoms with van der Waals surface area (Å²) in [5.74, 6) is -0.820. The van der Waals surface area contributed by atoms with E-state index in [1.54, 1.807) is 19.0 Å². The van der Waals surface area contributed by atoms with E-state index in [1.807, 2.05) is 12.1 Å². The summed E-state index contributed by atoms with van der Waals surface area (Å²) in [4.78, 5) is 13.4. The summed E-state index contributed by atoms with van der Waals surface area (Å²) in [6.07, 6.45) is 0. The van der Waals surface area contributed by atoms with Crippen molar-refractivity contribution in [3.05, 3.63) is 20.8 Å². The minimum atomic E-state index is -0.820. The van der Waals surface area contributed by atoms with E-state index in [-0.39, 0.29) is 0 Å². The molecule has 0 aliphatic carbocycles. The summed E-state index contributed by atoms with van der Waals surface area (Å²) in [6, 6.07) is 3.14. The number of carboxylic acids is 1. The second-order valence-corrected chi connectivity index (χ2v) is 5.34. The molecule has 1 unspecified atom stereocenters. The summed E-state index contributed by atoms with van der Waals surface area (Å²) in [5.41, 5.74) is 0. The Bertz CT molecular complexity index is 311. The lowest BCUT2D eigenvalue weighted by molar-refractivity contribution is -0.142. The number of thiophene rings is 1. The lowest BCUT2D eigenvalue weighted by Crippen LogP contribution is -2.26. The molecule has 0 aromatic carbocycles. The van der Waals surface area contributed by atoms with Gasteiger partial charge in [-0.1, -0.05) is 0 Å². The maximum atomic E-state index is 10.9. The average Bonchev–Trinajstić information content (AvgIpc) is 2.34. The molecule has 0 saturated carbocycles. The van der Waals surface area contributed by atoms with E-state index >= 15 is 0 Å². The summed E-state index contributed by atoms with van der Waals surface area (Å²) >= 11 is 4.75. The standard InChI is InChI=1S/C8H10BrNO2S/c1-10(2)7(8(11)12)5-3-4-6(9)13-5/h3-4,7H,1-2H3,(H,11,12). The molecule has 3 nitrogen and oxygen atoms in total. The Morgan fingerprint density at radius 3 is 2.54 bits per heavy atom. The number of nitrogens with zero attached hydrogens (tertiary/aromatic N) is 1. The van der Waals surface area contributed by atoms with Gasteiger partial charge in [0.05, 0.1) is 3.79 Å². The highest BCUT2D eigenvalue weighted by atomic mass is 79.9. The number of carbonyl (C=O) groups is 1. The van der Waals surface area contributed by atoms with Crippen LogP contribution in [-0.2, 0) is 4.79 Å². The minimum Gasteiger partial charge on any atom is -0.480 e.